The van der Waals surface area contributed by atoms with E-state index in [4.69, 9.17) is 0 Å². The first-order chi connectivity index (χ1) is 16.1. The molecule has 0 fully saturated rings. The van der Waals surface area contributed by atoms with Crippen LogP contribution in [0, 0.1) is 5.82 Å². The molecule has 3 aromatic carbocycles. The molecule has 0 unspecified atom stereocenters. The summed E-state index contributed by atoms with van der Waals surface area (Å²) in [5.74, 6) is -0.210. The molecule has 9 heteroatoms. The van der Waals surface area contributed by atoms with Gasteiger partial charge in [-0.15, -0.1) is 5.10 Å². The highest BCUT2D eigenvalue weighted by atomic mass is 19.1. The number of fused-ring (bicyclic) bond motifs is 1. The molecule has 1 amide bonds. The SMILES string of the molecule is O=C(Nc1ccc(-c2nc3ccccc3[nH]2)cc1)c1cn(C[C@H](O)c2ccccc2F)nn1. The number of benzene rings is 3. The second-order valence-corrected chi connectivity index (χ2v) is 7.50. The smallest absolute Gasteiger partial charge is 0.277 e. The number of nitrogens with zero attached hydrogens (tertiary/aromatic N) is 4. The van der Waals surface area contributed by atoms with Gasteiger partial charge in [-0.3, -0.25) is 4.79 Å². The molecule has 8 nitrogen and oxygen atoms in total. The van der Waals surface area contributed by atoms with Crippen LogP contribution >= 0.6 is 0 Å². The third kappa shape index (κ3) is 4.35. The minimum Gasteiger partial charge on any atom is -0.386 e. The van der Waals surface area contributed by atoms with Gasteiger partial charge in [0.1, 0.15) is 17.7 Å². The van der Waals surface area contributed by atoms with Gasteiger partial charge < -0.3 is 15.4 Å². The van der Waals surface area contributed by atoms with Gasteiger partial charge in [-0.2, -0.15) is 0 Å². The Balaban J connectivity index is 1.24. The van der Waals surface area contributed by atoms with Crippen LogP contribution in [0.5, 0.6) is 0 Å². The highest BCUT2D eigenvalue weighted by molar-refractivity contribution is 6.02. The maximum Gasteiger partial charge on any atom is 0.277 e. The number of carbonyl (C=O) groups is 1. The highest BCUT2D eigenvalue weighted by Crippen LogP contribution is 2.22. The third-order valence-electron chi connectivity index (χ3n) is 5.20. The summed E-state index contributed by atoms with van der Waals surface area (Å²) in [5, 5.41) is 20.7. The lowest BCUT2D eigenvalue weighted by atomic mass is 10.1. The number of carbonyl (C=O) groups excluding carboxylic acids is 1. The first kappa shape index (κ1) is 20.5. The topological polar surface area (TPSA) is 109 Å². The van der Waals surface area contributed by atoms with Crippen LogP contribution in [-0.4, -0.2) is 36.0 Å². The zero-order valence-electron chi connectivity index (χ0n) is 17.3. The van der Waals surface area contributed by atoms with Gasteiger partial charge in [0, 0.05) is 16.8 Å². The molecule has 2 heterocycles. The average Bonchev–Trinajstić information content (AvgIpc) is 3.47. The van der Waals surface area contributed by atoms with Crippen LogP contribution in [0.2, 0.25) is 0 Å². The van der Waals surface area contributed by atoms with Crippen LogP contribution in [0.1, 0.15) is 22.2 Å². The summed E-state index contributed by atoms with van der Waals surface area (Å²) in [6.45, 7) is -0.0343. The number of para-hydroxylation sites is 2. The number of aromatic amines is 1. The zero-order valence-corrected chi connectivity index (χ0v) is 17.3. The second kappa shape index (κ2) is 8.64. The molecule has 0 aliphatic carbocycles. The van der Waals surface area contributed by atoms with Crippen LogP contribution < -0.4 is 5.32 Å². The van der Waals surface area contributed by atoms with Crippen molar-refractivity contribution in [1.29, 1.82) is 0 Å². The first-order valence-corrected chi connectivity index (χ1v) is 10.3. The van der Waals surface area contributed by atoms with Crippen molar-refractivity contribution in [2.45, 2.75) is 12.6 Å². The summed E-state index contributed by atoms with van der Waals surface area (Å²) in [6.07, 6.45) is 0.289. The number of aliphatic hydroxyl groups excluding tert-OH is 1. The monoisotopic (exact) mass is 442 g/mol. The van der Waals surface area contributed by atoms with Crippen LogP contribution in [0.4, 0.5) is 10.1 Å². The second-order valence-electron chi connectivity index (χ2n) is 7.50. The molecular weight excluding hydrogens is 423 g/mol. The Labute approximate surface area is 187 Å². The number of halogens is 1. The summed E-state index contributed by atoms with van der Waals surface area (Å²) in [5.41, 5.74) is 3.54. The molecule has 0 radical (unpaired) electrons. The molecule has 0 spiro atoms. The lowest BCUT2D eigenvalue weighted by Crippen LogP contribution is -2.13. The summed E-state index contributed by atoms with van der Waals surface area (Å²) in [6, 6.07) is 21.0. The van der Waals surface area contributed by atoms with E-state index in [2.05, 4.69) is 25.6 Å². The van der Waals surface area contributed by atoms with Crippen molar-refractivity contribution in [2.24, 2.45) is 0 Å². The summed E-state index contributed by atoms with van der Waals surface area (Å²) in [4.78, 5) is 20.4. The van der Waals surface area contributed by atoms with Gasteiger partial charge in [-0.1, -0.05) is 35.5 Å². The summed E-state index contributed by atoms with van der Waals surface area (Å²) in [7, 11) is 0. The van der Waals surface area contributed by atoms with E-state index in [1.807, 2.05) is 36.4 Å². The van der Waals surface area contributed by atoms with Gasteiger partial charge >= 0.3 is 0 Å². The molecule has 0 aliphatic heterocycles. The van der Waals surface area contributed by atoms with Crippen molar-refractivity contribution >= 4 is 22.6 Å². The predicted octanol–water partition coefficient (Wildman–Crippen LogP) is 3.95. The molecule has 0 bridgehead atoms. The number of imidazole rings is 1. The molecule has 0 saturated carbocycles. The van der Waals surface area contributed by atoms with Gasteiger partial charge in [0.15, 0.2) is 5.69 Å². The number of anilines is 1. The number of hydrogen-bond acceptors (Lipinski definition) is 5. The fourth-order valence-electron chi connectivity index (χ4n) is 3.51. The van der Waals surface area contributed by atoms with E-state index in [-0.39, 0.29) is 17.8 Å². The Hall–Kier alpha value is -4.37. The average molecular weight is 442 g/mol. The molecular formula is C24H19FN6O2. The van der Waals surface area contributed by atoms with Crippen molar-refractivity contribution in [3.05, 3.63) is 96.1 Å². The number of rotatable bonds is 6. The number of H-pyrrole nitrogens is 1. The van der Waals surface area contributed by atoms with Crippen molar-refractivity contribution in [3.8, 4) is 11.4 Å². The summed E-state index contributed by atoms with van der Waals surface area (Å²) < 4.78 is 15.1. The van der Waals surface area contributed by atoms with Gasteiger partial charge in [0.2, 0.25) is 0 Å². The quantitative estimate of drug-likeness (QED) is 0.369. The molecule has 164 valence electrons. The maximum atomic E-state index is 13.8. The first-order valence-electron chi connectivity index (χ1n) is 10.3. The fraction of sp³-hybridized carbons (Fsp3) is 0.0833. The molecule has 1 atom stereocenters. The number of amides is 1. The van der Waals surface area contributed by atoms with Crippen molar-refractivity contribution in [1.82, 2.24) is 25.0 Å². The Morgan fingerprint density at radius 2 is 1.82 bits per heavy atom. The Morgan fingerprint density at radius 3 is 2.61 bits per heavy atom. The minimum atomic E-state index is -1.12. The van der Waals surface area contributed by atoms with Crippen molar-refractivity contribution in [3.63, 3.8) is 0 Å². The largest absolute Gasteiger partial charge is 0.386 e. The summed E-state index contributed by atoms with van der Waals surface area (Å²) >= 11 is 0. The predicted molar refractivity (Wildman–Crippen MR) is 121 cm³/mol. The van der Waals surface area contributed by atoms with Gasteiger partial charge in [0.05, 0.1) is 23.8 Å². The van der Waals surface area contributed by atoms with E-state index in [9.17, 15) is 14.3 Å². The van der Waals surface area contributed by atoms with Crippen molar-refractivity contribution in [2.75, 3.05) is 5.32 Å². The normalized spacial score (nSPS) is 12.1. The number of nitrogens with one attached hydrogen (secondary N) is 2. The molecule has 2 aromatic heterocycles. The number of hydrogen-bond donors (Lipinski definition) is 3. The maximum absolute atomic E-state index is 13.8. The molecule has 3 N–H and O–H groups in total. The van der Waals surface area contributed by atoms with E-state index in [0.29, 0.717) is 5.69 Å². The molecule has 0 aliphatic rings. The van der Waals surface area contributed by atoms with Crippen LogP contribution in [0.15, 0.2) is 79.0 Å². The number of aliphatic hydroxyl groups is 1. The Morgan fingerprint density at radius 1 is 1.06 bits per heavy atom. The molecule has 33 heavy (non-hydrogen) atoms. The van der Waals surface area contributed by atoms with E-state index >= 15 is 0 Å². The van der Waals surface area contributed by atoms with E-state index < -0.39 is 17.8 Å². The van der Waals surface area contributed by atoms with E-state index in [1.54, 1.807) is 24.3 Å². The lowest BCUT2D eigenvalue weighted by molar-refractivity contribution is 0.102. The van der Waals surface area contributed by atoms with E-state index in [0.717, 1.165) is 22.4 Å². The molecule has 5 rings (SSSR count). The zero-order chi connectivity index (χ0) is 22.8. The van der Waals surface area contributed by atoms with Crippen LogP contribution in [0.25, 0.3) is 22.4 Å². The van der Waals surface area contributed by atoms with Crippen molar-refractivity contribution < 1.29 is 14.3 Å². The third-order valence-corrected chi connectivity index (χ3v) is 5.20. The van der Waals surface area contributed by atoms with Crippen LogP contribution in [-0.2, 0) is 6.54 Å². The lowest BCUT2D eigenvalue weighted by Gasteiger charge is -2.11. The minimum absolute atomic E-state index is 0.0343. The Kier molecular flexibility index (Phi) is 5.37. The number of aromatic nitrogens is 5. The van der Waals surface area contributed by atoms with Gasteiger partial charge in [0.25, 0.3) is 5.91 Å². The molecule has 0 saturated heterocycles. The fourth-order valence-corrected chi connectivity index (χ4v) is 3.51. The van der Waals surface area contributed by atoms with Gasteiger partial charge in [-0.05, 0) is 42.5 Å². The van der Waals surface area contributed by atoms with Gasteiger partial charge in [-0.25, -0.2) is 14.1 Å². The molecule has 5 aromatic rings. The Bertz CT molecular complexity index is 1390. The van der Waals surface area contributed by atoms with E-state index in [1.165, 1.54) is 23.0 Å². The standard InChI is InChI=1S/C24H19FN6O2/c25-18-6-2-1-5-17(18)22(32)14-31-13-21(29-30-31)24(33)26-16-11-9-15(10-12-16)23-27-19-7-3-4-8-20(19)28-23/h1-13,22,32H,14H2,(H,26,33)(H,27,28)/t22-/m0/s1. The highest BCUT2D eigenvalue weighted by Gasteiger charge is 2.16. The van der Waals surface area contributed by atoms with Crippen LogP contribution in [0.3, 0.4) is 0 Å².